The van der Waals surface area contributed by atoms with Crippen LogP contribution in [0.5, 0.6) is 0 Å². The molecule has 0 bridgehead atoms. The van der Waals surface area contributed by atoms with E-state index in [1.165, 1.54) is 12.8 Å². The SMILES string of the molecule is C#CCCNC1CCCCCC1O. The summed E-state index contributed by atoms with van der Waals surface area (Å²) < 4.78 is 0. The third-order valence-corrected chi connectivity index (χ3v) is 2.66. The Balaban J connectivity index is 2.24. The topological polar surface area (TPSA) is 32.3 Å². The van der Waals surface area contributed by atoms with Gasteiger partial charge >= 0.3 is 0 Å². The van der Waals surface area contributed by atoms with E-state index in [0.29, 0.717) is 0 Å². The van der Waals surface area contributed by atoms with Gasteiger partial charge in [0.15, 0.2) is 0 Å². The van der Waals surface area contributed by atoms with Crippen molar-refractivity contribution >= 4 is 0 Å². The summed E-state index contributed by atoms with van der Waals surface area (Å²) in [5.41, 5.74) is 0. The first kappa shape index (κ1) is 10.6. The maximum atomic E-state index is 9.73. The molecule has 1 aliphatic rings. The first-order valence-electron chi connectivity index (χ1n) is 5.19. The molecule has 2 N–H and O–H groups in total. The van der Waals surface area contributed by atoms with Crippen LogP contribution in [0.4, 0.5) is 0 Å². The van der Waals surface area contributed by atoms with Gasteiger partial charge in [0.2, 0.25) is 0 Å². The summed E-state index contributed by atoms with van der Waals surface area (Å²) in [6.45, 7) is 0.832. The average molecular weight is 181 g/mol. The molecule has 1 aliphatic carbocycles. The number of rotatable bonds is 3. The van der Waals surface area contributed by atoms with Crippen LogP contribution in [0.2, 0.25) is 0 Å². The van der Waals surface area contributed by atoms with Gasteiger partial charge in [-0.05, 0) is 12.8 Å². The van der Waals surface area contributed by atoms with E-state index in [-0.39, 0.29) is 12.1 Å². The Kier molecular flexibility index (Phi) is 4.88. The van der Waals surface area contributed by atoms with Crippen LogP contribution in [0.1, 0.15) is 38.5 Å². The molecule has 0 aromatic carbocycles. The van der Waals surface area contributed by atoms with Crippen LogP contribution in [-0.2, 0) is 0 Å². The standard InChI is InChI=1S/C11H19NO/c1-2-3-9-12-10-7-5-4-6-8-11(10)13/h1,10-13H,3-9H2. The third-order valence-electron chi connectivity index (χ3n) is 2.66. The fraction of sp³-hybridized carbons (Fsp3) is 0.818. The molecule has 0 amide bonds. The number of terminal acetylenes is 1. The van der Waals surface area contributed by atoms with Crippen molar-refractivity contribution in [3.63, 3.8) is 0 Å². The van der Waals surface area contributed by atoms with E-state index in [1.807, 2.05) is 0 Å². The highest BCUT2D eigenvalue weighted by molar-refractivity contribution is 4.86. The average Bonchev–Trinajstić information content (AvgIpc) is 2.32. The number of aliphatic hydroxyl groups excluding tert-OH is 1. The van der Waals surface area contributed by atoms with Crippen LogP contribution in [0.15, 0.2) is 0 Å². The quantitative estimate of drug-likeness (QED) is 0.391. The predicted octanol–water partition coefficient (Wildman–Crippen LogP) is 1.29. The molecule has 0 aromatic heterocycles. The monoisotopic (exact) mass is 181 g/mol. The third kappa shape index (κ3) is 3.80. The highest BCUT2D eigenvalue weighted by Crippen LogP contribution is 2.17. The van der Waals surface area contributed by atoms with Gasteiger partial charge in [0.05, 0.1) is 6.10 Å². The Bertz CT molecular complexity index is 173. The van der Waals surface area contributed by atoms with Crippen molar-refractivity contribution < 1.29 is 5.11 Å². The largest absolute Gasteiger partial charge is 0.392 e. The molecule has 13 heavy (non-hydrogen) atoms. The van der Waals surface area contributed by atoms with Gasteiger partial charge in [-0.25, -0.2) is 0 Å². The minimum Gasteiger partial charge on any atom is -0.392 e. The second-order valence-electron chi connectivity index (χ2n) is 3.72. The zero-order valence-electron chi connectivity index (χ0n) is 8.13. The Morgan fingerprint density at radius 2 is 2.08 bits per heavy atom. The molecule has 0 radical (unpaired) electrons. The van der Waals surface area contributed by atoms with Crippen molar-refractivity contribution in [2.45, 2.75) is 50.7 Å². The number of aliphatic hydroxyl groups is 1. The molecule has 2 atom stereocenters. The van der Waals surface area contributed by atoms with Crippen LogP contribution < -0.4 is 5.32 Å². The van der Waals surface area contributed by atoms with Gasteiger partial charge in [-0.3, -0.25) is 0 Å². The first-order chi connectivity index (χ1) is 6.34. The van der Waals surface area contributed by atoms with Crippen molar-refractivity contribution in [2.75, 3.05) is 6.54 Å². The lowest BCUT2D eigenvalue weighted by molar-refractivity contribution is 0.120. The summed E-state index contributed by atoms with van der Waals surface area (Å²) in [7, 11) is 0. The van der Waals surface area contributed by atoms with Gasteiger partial charge in [0.1, 0.15) is 0 Å². The van der Waals surface area contributed by atoms with Crippen LogP contribution >= 0.6 is 0 Å². The van der Waals surface area contributed by atoms with Gasteiger partial charge in [-0.1, -0.05) is 19.3 Å². The van der Waals surface area contributed by atoms with Crippen LogP contribution in [-0.4, -0.2) is 23.8 Å². The van der Waals surface area contributed by atoms with Gasteiger partial charge < -0.3 is 10.4 Å². The lowest BCUT2D eigenvalue weighted by atomic mass is 10.1. The molecule has 74 valence electrons. The van der Waals surface area contributed by atoms with Gasteiger partial charge in [-0.15, -0.1) is 12.3 Å². The molecule has 0 aliphatic heterocycles. The van der Waals surface area contributed by atoms with E-state index in [9.17, 15) is 5.11 Å². The van der Waals surface area contributed by atoms with Crippen molar-refractivity contribution in [2.24, 2.45) is 0 Å². The highest BCUT2D eigenvalue weighted by Gasteiger charge is 2.20. The van der Waals surface area contributed by atoms with Gasteiger partial charge in [0.25, 0.3) is 0 Å². The zero-order valence-corrected chi connectivity index (χ0v) is 8.13. The maximum Gasteiger partial charge on any atom is 0.0693 e. The van der Waals surface area contributed by atoms with Crippen LogP contribution in [0.3, 0.4) is 0 Å². The molecule has 2 heteroatoms. The molecular weight excluding hydrogens is 162 g/mol. The molecule has 2 nitrogen and oxygen atoms in total. The van der Waals surface area contributed by atoms with E-state index >= 15 is 0 Å². The Morgan fingerprint density at radius 3 is 2.85 bits per heavy atom. The fourth-order valence-corrected chi connectivity index (χ4v) is 1.86. The summed E-state index contributed by atoms with van der Waals surface area (Å²) in [5.74, 6) is 2.59. The molecule has 0 heterocycles. The number of nitrogens with one attached hydrogen (secondary N) is 1. The summed E-state index contributed by atoms with van der Waals surface area (Å²) in [6, 6.07) is 0.274. The molecule has 0 spiro atoms. The molecule has 0 saturated heterocycles. The molecule has 0 aromatic rings. The van der Waals surface area contributed by atoms with Crippen LogP contribution in [0.25, 0.3) is 0 Å². The normalized spacial score (nSPS) is 29.2. The minimum atomic E-state index is -0.166. The van der Waals surface area contributed by atoms with Gasteiger partial charge in [-0.2, -0.15) is 0 Å². The summed E-state index contributed by atoms with van der Waals surface area (Å²) in [5, 5.41) is 13.1. The summed E-state index contributed by atoms with van der Waals surface area (Å²) >= 11 is 0. The van der Waals surface area contributed by atoms with Crippen molar-refractivity contribution in [1.29, 1.82) is 0 Å². The summed E-state index contributed by atoms with van der Waals surface area (Å²) in [6.07, 6.45) is 11.4. The number of hydrogen-bond donors (Lipinski definition) is 2. The molecule has 1 saturated carbocycles. The number of hydrogen-bond acceptors (Lipinski definition) is 2. The second kappa shape index (κ2) is 6.01. The minimum absolute atomic E-state index is 0.166. The lowest BCUT2D eigenvalue weighted by Gasteiger charge is -2.21. The lowest BCUT2D eigenvalue weighted by Crippen LogP contribution is -2.39. The van der Waals surface area contributed by atoms with E-state index in [1.54, 1.807) is 0 Å². The predicted molar refractivity (Wildman–Crippen MR) is 54.3 cm³/mol. The van der Waals surface area contributed by atoms with Crippen molar-refractivity contribution in [3.8, 4) is 12.3 Å². The molecule has 1 rings (SSSR count). The molecule has 2 unspecified atom stereocenters. The maximum absolute atomic E-state index is 9.73. The van der Waals surface area contributed by atoms with Crippen molar-refractivity contribution in [3.05, 3.63) is 0 Å². The van der Waals surface area contributed by atoms with E-state index in [4.69, 9.17) is 6.42 Å². The zero-order chi connectivity index (χ0) is 9.52. The second-order valence-corrected chi connectivity index (χ2v) is 3.72. The summed E-state index contributed by atoms with van der Waals surface area (Å²) in [4.78, 5) is 0. The Hall–Kier alpha value is -0.520. The Labute approximate surface area is 80.7 Å². The molecule has 1 fully saturated rings. The van der Waals surface area contributed by atoms with E-state index in [2.05, 4.69) is 11.2 Å². The molecular formula is C11H19NO. The van der Waals surface area contributed by atoms with Crippen molar-refractivity contribution in [1.82, 2.24) is 5.32 Å². The fourth-order valence-electron chi connectivity index (χ4n) is 1.86. The van der Waals surface area contributed by atoms with E-state index < -0.39 is 0 Å². The van der Waals surface area contributed by atoms with Crippen LogP contribution in [0, 0.1) is 12.3 Å². The highest BCUT2D eigenvalue weighted by atomic mass is 16.3. The Morgan fingerprint density at radius 1 is 1.31 bits per heavy atom. The van der Waals surface area contributed by atoms with Gasteiger partial charge in [0, 0.05) is 19.0 Å². The first-order valence-corrected chi connectivity index (χ1v) is 5.19. The van der Waals surface area contributed by atoms with E-state index in [0.717, 1.165) is 32.2 Å². The smallest absolute Gasteiger partial charge is 0.0693 e.